The summed E-state index contributed by atoms with van der Waals surface area (Å²) < 4.78 is 0. The van der Waals surface area contributed by atoms with Gasteiger partial charge in [-0.05, 0) is 56.5 Å². The number of rotatable bonds is 5. The summed E-state index contributed by atoms with van der Waals surface area (Å²) in [7, 11) is 0. The van der Waals surface area contributed by atoms with Gasteiger partial charge in [0.25, 0.3) is 0 Å². The van der Waals surface area contributed by atoms with E-state index in [0.29, 0.717) is 6.54 Å². The van der Waals surface area contributed by atoms with Gasteiger partial charge in [-0.15, -0.1) is 24.2 Å². The quantitative estimate of drug-likeness (QED) is 0.717. The van der Waals surface area contributed by atoms with Gasteiger partial charge in [0, 0.05) is 23.6 Å². The van der Waals surface area contributed by atoms with E-state index in [1.54, 1.807) is 0 Å². The van der Waals surface area contributed by atoms with Crippen molar-refractivity contribution in [2.75, 3.05) is 28.2 Å². The first-order valence-corrected chi connectivity index (χ1v) is 10.2. The number of nitrogens with zero attached hydrogens (tertiary/aromatic N) is 1. The second-order valence-corrected chi connectivity index (χ2v) is 8.13. The number of aryl methyl sites for hydroxylation is 1. The first kappa shape index (κ1) is 22.1. The molecule has 0 aromatic heterocycles. The van der Waals surface area contributed by atoms with Gasteiger partial charge in [-0.3, -0.25) is 9.59 Å². The van der Waals surface area contributed by atoms with Gasteiger partial charge < -0.3 is 16.0 Å². The summed E-state index contributed by atoms with van der Waals surface area (Å²) in [6, 6.07) is 13.4. The molecule has 0 fully saturated rings. The lowest BCUT2D eigenvalue weighted by Crippen LogP contribution is -2.40. The maximum Gasteiger partial charge on any atom is 0.239 e. The van der Waals surface area contributed by atoms with Gasteiger partial charge >= 0.3 is 0 Å². The molecular weight excluding hydrogens is 394 g/mol. The highest BCUT2D eigenvalue weighted by Gasteiger charge is 2.27. The molecule has 0 saturated carbocycles. The number of nitrogen functional groups attached to an aromatic ring is 1. The third-order valence-electron chi connectivity index (χ3n) is 4.70. The molecule has 1 aliphatic rings. The van der Waals surface area contributed by atoms with E-state index in [1.165, 1.54) is 11.8 Å². The fourth-order valence-corrected chi connectivity index (χ4v) is 3.95. The first-order valence-electron chi connectivity index (χ1n) is 9.12. The standard InChI is InChI=1S/C21H25N3O2S.ClH/c1-14-8-10-16(11-9-14)23-20(25)13-27-15(2)21(26)24-12-4-5-17-18(22)6-3-7-19(17)24;/h3,6-11,15H,4-5,12-13,22H2,1-2H3,(H,23,25);1H. The number of amides is 2. The molecule has 0 saturated heterocycles. The lowest BCUT2D eigenvalue weighted by Gasteiger charge is -2.32. The van der Waals surface area contributed by atoms with E-state index >= 15 is 0 Å². The van der Waals surface area contributed by atoms with E-state index < -0.39 is 0 Å². The topological polar surface area (TPSA) is 75.4 Å². The predicted octanol–water partition coefficient (Wildman–Crippen LogP) is 4.04. The summed E-state index contributed by atoms with van der Waals surface area (Å²) >= 11 is 1.35. The van der Waals surface area contributed by atoms with Gasteiger partial charge in [-0.2, -0.15) is 0 Å². The Morgan fingerprint density at radius 3 is 2.64 bits per heavy atom. The van der Waals surface area contributed by atoms with Crippen LogP contribution in [-0.4, -0.2) is 29.4 Å². The Morgan fingerprint density at radius 1 is 1.21 bits per heavy atom. The van der Waals surface area contributed by atoms with Crippen molar-refractivity contribution in [2.45, 2.75) is 31.9 Å². The number of benzene rings is 2. The van der Waals surface area contributed by atoms with Gasteiger partial charge in [0.2, 0.25) is 11.8 Å². The van der Waals surface area contributed by atoms with E-state index in [0.717, 1.165) is 41.0 Å². The molecule has 5 nitrogen and oxygen atoms in total. The summed E-state index contributed by atoms with van der Waals surface area (Å²) in [6.07, 6.45) is 1.80. The average molecular weight is 420 g/mol. The molecule has 3 rings (SSSR count). The molecule has 3 N–H and O–H groups in total. The van der Waals surface area contributed by atoms with E-state index in [1.807, 2.05) is 61.2 Å². The molecule has 0 aliphatic carbocycles. The first-order chi connectivity index (χ1) is 13.0. The highest BCUT2D eigenvalue weighted by molar-refractivity contribution is 8.01. The lowest BCUT2D eigenvalue weighted by molar-refractivity contribution is -0.117. The molecule has 7 heteroatoms. The Morgan fingerprint density at radius 2 is 1.93 bits per heavy atom. The smallest absolute Gasteiger partial charge is 0.239 e. The summed E-state index contributed by atoms with van der Waals surface area (Å²) in [5.41, 5.74) is 10.7. The fraction of sp³-hybridized carbons (Fsp3) is 0.333. The van der Waals surface area contributed by atoms with Gasteiger partial charge in [-0.25, -0.2) is 0 Å². The van der Waals surface area contributed by atoms with E-state index in [2.05, 4.69) is 5.32 Å². The van der Waals surface area contributed by atoms with Crippen LogP contribution >= 0.6 is 24.2 Å². The zero-order valence-corrected chi connectivity index (χ0v) is 17.7. The fourth-order valence-electron chi connectivity index (χ4n) is 3.21. The molecule has 0 spiro atoms. The number of nitrogens with two attached hydrogens (primary N) is 1. The number of halogens is 1. The normalized spacial score (nSPS) is 13.9. The highest BCUT2D eigenvalue weighted by atomic mass is 35.5. The van der Waals surface area contributed by atoms with Crippen molar-refractivity contribution in [3.63, 3.8) is 0 Å². The summed E-state index contributed by atoms with van der Waals surface area (Å²) in [5.74, 6) is 0.153. The largest absolute Gasteiger partial charge is 0.398 e. The number of carbonyl (C=O) groups is 2. The molecule has 1 atom stereocenters. The van der Waals surface area contributed by atoms with Gasteiger partial charge in [0.1, 0.15) is 0 Å². The van der Waals surface area contributed by atoms with Crippen molar-refractivity contribution in [1.29, 1.82) is 0 Å². The summed E-state index contributed by atoms with van der Waals surface area (Å²) in [5, 5.41) is 2.56. The average Bonchev–Trinajstić information content (AvgIpc) is 2.67. The zero-order valence-electron chi connectivity index (χ0n) is 16.1. The predicted molar refractivity (Wildman–Crippen MR) is 121 cm³/mol. The van der Waals surface area contributed by atoms with Crippen LogP contribution in [0.4, 0.5) is 17.1 Å². The molecule has 2 aromatic rings. The maximum absolute atomic E-state index is 12.9. The van der Waals surface area contributed by atoms with Crippen molar-refractivity contribution in [3.8, 4) is 0 Å². The Hall–Kier alpha value is -2.18. The second-order valence-electron chi connectivity index (χ2n) is 6.81. The van der Waals surface area contributed by atoms with Crippen molar-refractivity contribution in [2.24, 2.45) is 0 Å². The van der Waals surface area contributed by atoms with E-state index in [9.17, 15) is 9.59 Å². The highest BCUT2D eigenvalue weighted by Crippen LogP contribution is 2.32. The summed E-state index contributed by atoms with van der Waals surface area (Å²) in [4.78, 5) is 26.9. The number of thioether (sulfide) groups is 1. The molecule has 0 bridgehead atoms. The van der Waals surface area contributed by atoms with Gasteiger partial charge in [0.15, 0.2) is 0 Å². The van der Waals surface area contributed by atoms with Crippen LogP contribution in [0, 0.1) is 6.92 Å². The number of anilines is 3. The van der Waals surface area contributed by atoms with Crippen molar-refractivity contribution < 1.29 is 9.59 Å². The Labute approximate surface area is 176 Å². The Balaban J connectivity index is 0.00000280. The molecule has 28 heavy (non-hydrogen) atoms. The van der Waals surface area contributed by atoms with Crippen molar-refractivity contribution in [1.82, 2.24) is 0 Å². The molecule has 150 valence electrons. The molecule has 2 aromatic carbocycles. The second kappa shape index (κ2) is 9.85. The third kappa shape index (κ3) is 5.20. The van der Waals surface area contributed by atoms with Crippen LogP contribution in [0.5, 0.6) is 0 Å². The van der Waals surface area contributed by atoms with Crippen LogP contribution in [-0.2, 0) is 16.0 Å². The zero-order chi connectivity index (χ0) is 19.4. The molecule has 1 unspecified atom stereocenters. The minimum Gasteiger partial charge on any atom is -0.398 e. The molecular formula is C21H26ClN3O2S. The number of hydrogen-bond acceptors (Lipinski definition) is 4. The van der Waals surface area contributed by atoms with Crippen LogP contribution in [0.15, 0.2) is 42.5 Å². The van der Waals surface area contributed by atoms with Crippen LogP contribution < -0.4 is 16.0 Å². The maximum atomic E-state index is 12.9. The molecule has 2 amide bonds. The minimum absolute atomic E-state index is 0. The third-order valence-corrected chi connectivity index (χ3v) is 5.83. The van der Waals surface area contributed by atoms with Gasteiger partial charge in [0.05, 0.1) is 11.0 Å². The Bertz CT molecular complexity index is 842. The number of carbonyl (C=O) groups excluding carboxylic acids is 2. The monoisotopic (exact) mass is 419 g/mol. The molecule has 0 radical (unpaired) electrons. The number of hydrogen-bond donors (Lipinski definition) is 2. The number of nitrogens with one attached hydrogen (secondary N) is 1. The van der Waals surface area contributed by atoms with Crippen LogP contribution in [0.3, 0.4) is 0 Å². The minimum atomic E-state index is -0.304. The van der Waals surface area contributed by atoms with Crippen LogP contribution in [0.2, 0.25) is 0 Å². The summed E-state index contributed by atoms with van der Waals surface area (Å²) in [6.45, 7) is 4.55. The van der Waals surface area contributed by atoms with Gasteiger partial charge in [-0.1, -0.05) is 23.8 Å². The lowest BCUT2D eigenvalue weighted by atomic mass is 9.99. The van der Waals surface area contributed by atoms with Crippen LogP contribution in [0.1, 0.15) is 24.5 Å². The van der Waals surface area contributed by atoms with Crippen molar-refractivity contribution >= 4 is 53.0 Å². The van der Waals surface area contributed by atoms with E-state index in [-0.39, 0.29) is 35.2 Å². The van der Waals surface area contributed by atoms with Crippen molar-refractivity contribution in [3.05, 3.63) is 53.6 Å². The van der Waals surface area contributed by atoms with Crippen LogP contribution in [0.25, 0.3) is 0 Å². The number of fused-ring (bicyclic) bond motifs is 1. The SMILES string of the molecule is Cc1ccc(NC(=O)CSC(C)C(=O)N2CCCc3c(N)cccc32)cc1.Cl. The molecule has 1 aliphatic heterocycles. The van der Waals surface area contributed by atoms with E-state index in [4.69, 9.17) is 5.73 Å². The Kier molecular flexibility index (Phi) is 7.78. The molecule has 1 heterocycles.